The van der Waals surface area contributed by atoms with Gasteiger partial charge in [0.15, 0.2) is 5.76 Å². The first-order chi connectivity index (χ1) is 6.81. The highest BCUT2D eigenvalue weighted by Crippen LogP contribution is 2.22. The predicted octanol–water partition coefficient (Wildman–Crippen LogP) is 0.142. The minimum atomic E-state index is 0.540. The van der Waals surface area contributed by atoms with Crippen LogP contribution in [-0.4, -0.2) is 31.7 Å². The van der Waals surface area contributed by atoms with Crippen LogP contribution in [0.5, 0.6) is 0 Å². The topological polar surface area (TPSA) is 64.5 Å². The van der Waals surface area contributed by atoms with Gasteiger partial charge in [0.25, 0.3) is 6.01 Å². The molecule has 2 N–H and O–H groups in total. The second-order valence-electron chi connectivity index (χ2n) is 3.38. The monoisotopic (exact) mass is 197 g/mol. The van der Waals surface area contributed by atoms with Gasteiger partial charge in [-0.3, -0.25) is 0 Å². The van der Waals surface area contributed by atoms with Gasteiger partial charge in [-0.25, -0.2) is 0 Å². The molecule has 0 bridgehead atoms. The number of likely N-dealkylation sites (N-methyl/N-ethyl adjacent to an activating group) is 1. The van der Waals surface area contributed by atoms with Crippen LogP contribution in [0.3, 0.4) is 0 Å². The molecule has 14 heavy (non-hydrogen) atoms. The summed E-state index contributed by atoms with van der Waals surface area (Å²) in [5.74, 6) is 0.857. The highest BCUT2D eigenvalue weighted by molar-refractivity contribution is 5.29. The molecule has 0 saturated carbocycles. The Morgan fingerprint density at radius 2 is 2.43 bits per heavy atom. The number of hydrogen-bond acceptors (Lipinski definition) is 5. The number of fused-ring (bicyclic) bond motifs is 1. The van der Waals surface area contributed by atoms with Crippen LogP contribution in [0.1, 0.15) is 11.5 Å². The van der Waals surface area contributed by atoms with E-state index in [-0.39, 0.29) is 0 Å². The average molecular weight is 197 g/mol. The van der Waals surface area contributed by atoms with Gasteiger partial charge in [-0.05, 0) is 0 Å². The lowest BCUT2D eigenvalue weighted by Crippen LogP contribution is -2.25. The van der Waals surface area contributed by atoms with E-state index in [0.717, 1.165) is 31.0 Å². The molecule has 0 atom stereocenters. The van der Waals surface area contributed by atoms with Crippen LogP contribution < -0.4 is 10.6 Å². The molecule has 2 rings (SSSR count). The maximum Gasteiger partial charge on any atom is 0.297 e. The molecule has 78 valence electrons. The predicted molar refractivity (Wildman–Crippen MR) is 52.2 cm³/mol. The fourth-order valence-electron chi connectivity index (χ4n) is 1.46. The third-order valence-corrected chi connectivity index (χ3v) is 2.27. The van der Waals surface area contributed by atoms with E-state index in [1.165, 1.54) is 0 Å². The van der Waals surface area contributed by atoms with Crippen LogP contribution in [0.4, 0.5) is 6.01 Å². The minimum absolute atomic E-state index is 0.540. The Morgan fingerprint density at radius 1 is 1.57 bits per heavy atom. The zero-order valence-corrected chi connectivity index (χ0v) is 8.32. The Hall–Kier alpha value is -1.07. The van der Waals surface area contributed by atoms with Crippen LogP contribution in [-0.2, 0) is 17.8 Å². The summed E-state index contributed by atoms with van der Waals surface area (Å²) in [6.45, 7) is 2.62. The van der Waals surface area contributed by atoms with E-state index in [1.807, 2.05) is 11.9 Å². The Labute approximate surface area is 82.8 Å². The molecule has 0 aromatic carbocycles. The van der Waals surface area contributed by atoms with Crippen LogP contribution in [0.25, 0.3) is 0 Å². The summed E-state index contributed by atoms with van der Waals surface area (Å²) < 4.78 is 10.8. The Bertz CT molecular complexity index is 288. The second kappa shape index (κ2) is 3.98. The number of rotatable bonds is 3. The van der Waals surface area contributed by atoms with E-state index in [1.54, 1.807) is 0 Å². The summed E-state index contributed by atoms with van der Waals surface area (Å²) in [5.41, 5.74) is 6.48. The average Bonchev–Trinajstić information content (AvgIpc) is 2.61. The fraction of sp³-hybridized carbons (Fsp3) is 0.667. The van der Waals surface area contributed by atoms with Crippen LogP contribution in [0.2, 0.25) is 0 Å². The smallest absolute Gasteiger partial charge is 0.297 e. The van der Waals surface area contributed by atoms with Gasteiger partial charge in [-0.2, -0.15) is 4.98 Å². The molecule has 0 aliphatic carbocycles. The van der Waals surface area contributed by atoms with E-state index in [4.69, 9.17) is 14.9 Å². The molecule has 2 heterocycles. The fourth-order valence-corrected chi connectivity index (χ4v) is 1.46. The zero-order chi connectivity index (χ0) is 9.97. The van der Waals surface area contributed by atoms with Crippen LogP contribution in [0, 0.1) is 0 Å². The van der Waals surface area contributed by atoms with Crippen molar-refractivity contribution >= 4 is 6.01 Å². The molecule has 0 spiro atoms. The van der Waals surface area contributed by atoms with E-state index >= 15 is 0 Å². The maximum absolute atomic E-state index is 5.55. The van der Waals surface area contributed by atoms with Crippen molar-refractivity contribution in [2.75, 3.05) is 31.6 Å². The highest BCUT2D eigenvalue weighted by Gasteiger charge is 2.18. The number of hydrogen-bond donors (Lipinski definition) is 1. The number of ether oxygens (including phenoxy) is 1. The largest absolute Gasteiger partial charge is 0.426 e. The molecular formula is C9H15N3O2. The number of nitrogens with two attached hydrogens (primary N) is 1. The van der Waals surface area contributed by atoms with Gasteiger partial charge in [0.2, 0.25) is 0 Å². The van der Waals surface area contributed by atoms with Crippen molar-refractivity contribution in [1.82, 2.24) is 4.98 Å². The summed E-state index contributed by atoms with van der Waals surface area (Å²) in [6.07, 6.45) is 0.843. The van der Waals surface area contributed by atoms with Crippen LogP contribution >= 0.6 is 0 Å². The Kier molecular flexibility index (Phi) is 2.69. The lowest BCUT2D eigenvalue weighted by Gasteiger charge is -2.11. The van der Waals surface area contributed by atoms with E-state index < -0.39 is 0 Å². The Morgan fingerprint density at radius 3 is 3.14 bits per heavy atom. The normalized spacial score (nSPS) is 15.3. The quantitative estimate of drug-likeness (QED) is 0.746. The van der Waals surface area contributed by atoms with Gasteiger partial charge in [-0.15, -0.1) is 0 Å². The van der Waals surface area contributed by atoms with Gasteiger partial charge < -0.3 is 19.8 Å². The van der Waals surface area contributed by atoms with Crippen molar-refractivity contribution in [2.24, 2.45) is 5.73 Å². The van der Waals surface area contributed by atoms with Gasteiger partial charge in [0, 0.05) is 26.6 Å². The molecule has 0 amide bonds. The van der Waals surface area contributed by atoms with E-state index in [2.05, 4.69) is 4.98 Å². The van der Waals surface area contributed by atoms with Crippen LogP contribution in [0.15, 0.2) is 4.42 Å². The molecule has 1 aromatic rings. The van der Waals surface area contributed by atoms with Crippen molar-refractivity contribution < 1.29 is 9.15 Å². The lowest BCUT2D eigenvalue weighted by molar-refractivity contribution is 0.0938. The minimum Gasteiger partial charge on any atom is -0.426 e. The van der Waals surface area contributed by atoms with E-state index in [9.17, 15) is 0 Å². The first-order valence-corrected chi connectivity index (χ1v) is 4.79. The summed E-state index contributed by atoms with van der Waals surface area (Å²) >= 11 is 0. The van der Waals surface area contributed by atoms with Gasteiger partial charge in [0.05, 0.1) is 12.3 Å². The highest BCUT2D eigenvalue weighted by atomic mass is 16.5. The molecule has 0 fully saturated rings. The first kappa shape index (κ1) is 9.48. The first-order valence-electron chi connectivity index (χ1n) is 4.79. The van der Waals surface area contributed by atoms with Gasteiger partial charge in [0.1, 0.15) is 6.61 Å². The molecule has 1 aliphatic rings. The number of nitrogens with zero attached hydrogens (tertiary/aromatic N) is 2. The third kappa shape index (κ3) is 1.73. The number of oxazole rings is 1. The van der Waals surface area contributed by atoms with Gasteiger partial charge >= 0.3 is 0 Å². The number of aromatic nitrogens is 1. The molecule has 0 unspecified atom stereocenters. The standard InChI is InChI=1S/C9H15N3O2/c1-12(4-3-10)9-11-7-2-5-13-6-8(7)14-9/h2-6,10H2,1H3. The van der Waals surface area contributed by atoms with E-state index in [0.29, 0.717) is 19.2 Å². The summed E-state index contributed by atoms with van der Waals surface area (Å²) in [6, 6.07) is 0.644. The number of anilines is 1. The lowest BCUT2D eigenvalue weighted by atomic mass is 10.2. The van der Waals surface area contributed by atoms with Crippen molar-refractivity contribution in [3.8, 4) is 0 Å². The molecule has 1 aromatic heterocycles. The Balaban J connectivity index is 2.15. The zero-order valence-electron chi connectivity index (χ0n) is 8.32. The molecule has 1 aliphatic heterocycles. The summed E-state index contributed by atoms with van der Waals surface area (Å²) in [5, 5.41) is 0. The SMILES string of the molecule is CN(CCN)c1nc2c(o1)COCC2. The molecule has 5 nitrogen and oxygen atoms in total. The maximum atomic E-state index is 5.55. The summed E-state index contributed by atoms with van der Waals surface area (Å²) in [7, 11) is 1.92. The molecule has 0 saturated heterocycles. The van der Waals surface area contributed by atoms with Gasteiger partial charge in [-0.1, -0.05) is 0 Å². The second-order valence-corrected chi connectivity index (χ2v) is 3.38. The van der Waals surface area contributed by atoms with Crippen molar-refractivity contribution in [3.63, 3.8) is 0 Å². The molecular weight excluding hydrogens is 182 g/mol. The van der Waals surface area contributed by atoms with Crippen molar-refractivity contribution in [3.05, 3.63) is 11.5 Å². The third-order valence-electron chi connectivity index (χ3n) is 2.27. The summed E-state index contributed by atoms with van der Waals surface area (Å²) in [4.78, 5) is 6.31. The molecule has 5 heteroatoms. The van der Waals surface area contributed by atoms with Crippen molar-refractivity contribution in [2.45, 2.75) is 13.0 Å². The molecule has 0 radical (unpaired) electrons. The van der Waals surface area contributed by atoms with Crippen molar-refractivity contribution in [1.29, 1.82) is 0 Å².